The number of carbonyl (C=O) groups excluding carboxylic acids is 1. The quantitative estimate of drug-likeness (QED) is 0.454. The van der Waals surface area contributed by atoms with Gasteiger partial charge in [0.25, 0.3) is 10.1 Å². The largest absolute Gasteiger partial charge is 0.299 e. The van der Waals surface area contributed by atoms with Gasteiger partial charge in [-0.05, 0) is 73.0 Å². The second-order valence-corrected chi connectivity index (χ2v) is 11.2. The normalized spacial score (nSPS) is 31.2. The summed E-state index contributed by atoms with van der Waals surface area (Å²) in [6.07, 6.45) is 8.81. The fraction of sp³-hybridized carbons (Fsp3) is 0.708. The van der Waals surface area contributed by atoms with E-state index in [4.69, 9.17) is 4.18 Å². The minimum atomic E-state index is -3.53. The highest BCUT2D eigenvalue weighted by Gasteiger charge is 2.54. The van der Waals surface area contributed by atoms with Gasteiger partial charge in [0.1, 0.15) is 11.5 Å². The van der Waals surface area contributed by atoms with Crippen molar-refractivity contribution in [3.8, 4) is 0 Å². The van der Waals surface area contributed by atoms with Gasteiger partial charge in [-0.25, -0.2) is 0 Å². The number of hydrogen-bond acceptors (Lipinski definition) is 4. The van der Waals surface area contributed by atoms with Crippen LogP contribution in [0.2, 0.25) is 0 Å². The van der Waals surface area contributed by atoms with Crippen LogP contribution >= 0.6 is 0 Å². The molecule has 2 fully saturated rings. The Hall–Kier alpha value is -1.20. The van der Waals surface area contributed by atoms with Crippen molar-refractivity contribution < 1.29 is 17.4 Å². The zero-order valence-electron chi connectivity index (χ0n) is 17.8. The summed E-state index contributed by atoms with van der Waals surface area (Å²) >= 11 is 0. The molecule has 4 atom stereocenters. The highest BCUT2D eigenvalue weighted by atomic mass is 32.2. The lowest BCUT2D eigenvalue weighted by Gasteiger charge is -2.48. The summed E-state index contributed by atoms with van der Waals surface area (Å²) in [6.45, 7) is 4.57. The maximum Gasteiger partial charge on any atom is 0.271 e. The third-order valence-corrected chi connectivity index (χ3v) is 9.07. The molecule has 160 valence electrons. The molecule has 5 heteroatoms. The first-order valence-electron chi connectivity index (χ1n) is 11.4. The molecule has 3 aliphatic rings. The zero-order valence-corrected chi connectivity index (χ0v) is 18.6. The third-order valence-electron chi connectivity index (χ3n) is 7.85. The Kier molecular flexibility index (Phi) is 5.91. The van der Waals surface area contributed by atoms with E-state index in [1.54, 1.807) is 0 Å². The van der Waals surface area contributed by atoms with E-state index in [-0.39, 0.29) is 17.8 Å². The van der Waals surface area contributed by atoms with Crippen LogP contribution in [0.3, 0.4) is 0 Å². The number of fused-ring (bicyclic) bond motifs is 5. The number of hydrogen-bond donors (Lipinski definition) is 0. The van der Waals surface area contributed by atoms with Crippen molar-refractivity contribution in [2.24, 2.45) is 17.3 Å². The molecule has 0 unspecified atom stereocenters. The first-order chi connectivity index (χ1) is 13.8. The molecule has 0 bridgehead atoms. The van der Waals surface area contributed by atoms with E-state index < -0.39 is 10.1 Å². The van der Waals surface area contributed by atoms with Gasteiger partial charge < -0.3 is 0 Å². The van der Waals surface area contributed by atoms with Gasteiger partial charge in [-0.15, -0.1) is 0 Å². The van der Waals surface area contributed by atoms with Crippen LogP contribution in [0.1, 0.15) is 87.8 Å². The molecule has 0 radical (unpaired) electrons. The zero-order chi connectivity index (χ0) is 20.6. The standard InChI is InChI=1S/C24H34O4S/c1-3-4-5-14-28-29(26,27)16-17-6-8-19-18(15-17)7-9-21-20(19)12-13-24(2)22(21)10-11-23(24)25/h6,8,15,20-22H,3-5,7,9-14,16H2,1-2H3/t20-,21-,22+,24+/m1/s1. The molecule has 4 nitrogen and oxygen atoms in total. The second-order valence-electron chi connectivity index (χ2n) is 9.60. The molecule has 0 amide bonds. The van der Waals surface area contributed by atoms with Crippen molar-refractivity contribution in [1.29, 1.82) is 0 Å². The molecule has 1 aromatic carbocycles. The molecule has 0 N–H and O–H groups in total. The fourth-order valence-corrected chi connectivity index (χ4v) is 7.32. The molecule has 4 rings (SSSR count). The van der Waals surface area contributed by atoms with E-state index in [0.29, 0.717) is 23.5 Å². The predicted octanol–water partition coefficient (Wildman–Crippen LogP) is 5.15. The minimum absolute atomic E-state index is 0.0459. The van der Waals surface area contributed by atoms with Gasteiger partial charge in [-0.3, -0.25) is 8.98 Å². The summed E-state index contributed by atoms with van der Waals surface area (Å²) in [5.74, 6) is 2.09. The molecule has 0 aromatic heterocycles. The highest BCUT2D eigenvalue weighted by Crippen LogP contribution is 2.59. The lowest BCUT2D eigenvalue weighted by Crippen LogP contribution is -2.42. The average Bonchev–Trinajstić information content (AvgIpc) is 2.99. The van der Waals surface area contributed by atoms with Crippen LogP contribution in [0.25, 0.3) is 0 Å². The number of ketones is 1. The Labute approximate surface area is 175 Å². The number of rotatable bonds is 7. The van der Waals surface area contributed by atoms with E-state index >= 15 is 0 Å². The maximum absolute atomic E-state index is 12.5. The molecule has 29 heavy (non-hydrogen) atoms. The van der Waals surface area contributed by atoms with Crippen LogP contribution in [0.15, 0.2) is 18.2 Å². The molecule has 3 aliphatic carbocycles. The average molecular weight is 419 g/mol. The van der Waals surface area contributed by atoms with E-state index in [1.165, 1.54) is 11.1 Å². The number of benzene rings is 1. The number of carbonyl (C=O) groups is 1. The van der Waals surface area contributed by atoms with E-state index in [9.17, 15) is 13.2 Å². The SMILES string of the molecule is CCCCCOS(=O)(=O)Cc1ccc2c(c1)CC[C@@H]1[C@@H]2CC[C@]2(C)C(=O)CC[C@@H]12. The van der Waals surface area contributed by atoms with Gasteiger partial charge in [-0.1, -0.05) is 44.9 Å². The first kappa shape index (κ1) is 21.0. The molecule has 1 aromatic rings. The first-order valence-corrected chi connectivity index (χ1v) is 12.9. The molecule has 0 aliphatic heterocycles. The summed E-state index contributed by atoms with van der Waals surface area (Å²) in [5.41, 5.74) is 3.43. The fourth-order valence-electron chi connectivity index (χ4n) is 6.28. The Morgan fingerprint density at radius 2 is 1.97 bits per heavy atom. The minimum Gasteiger partial charge on any atom is -0.299 e. The summed E-state index contributed by atoms with van der Waals surface area (Å²) in [5, 5.41) is 0. The van der Waals surface area contributed by atoms with Gasteiger partial charge in [0, 0.05) is 11.8 Å². The van der Waals surface area contributed by atoms with Crippen LogP contribution in [0, 0.1) is 17.3 Å². The Bertz CT molecular complexity index is 875. The van der Waals surface area contributed by atoms with Gasteiger partial charge in [0.2, 0.25) is 0 Å². The van der Waals surface area contributed by atoms with Gasteiger partial charge >= 0.3 is 0 Å². The van der Waals surface area contributed by atoms with Crippen molar-refractivity contribution in [1.82, 2.24) is 0 Å². The Morgan fingerprint density at radius 1 is 1.14 bits per heavy atom. The topological polar surface area (TPSA) is 60.4 Å². The molecular weight excluding hydrogens is 384 g/mol. The lowest BCUT2D eigenvalue weighted by atomic mass is 9.55. The second kappa shape index (κ2) is 8.14. The van der Waals surface area contributed by atoms with Crippen molar-refractivity contribution in [3.63, 3.8) is 0 Å². The monoisotopic (exact) mass is 418 g/mol. The third kappa shape index (κ3) is 4.05. The van der Waals surface area contributed by atoms with Crippen LogP contribution in [-0.4, -0.2) is 20.8 Å². The molecule has 0 spiro atoms. The van der Waals surface area contributed by atoms with Gasteiger partial charge in [-0.2, -0.15) is 8.42 Å². The molecular formula is C24H34O4S. The Balaban J connectivity index is 1.47. The van der Waals surface area contributed by atoms with Crippen LogP contribution in [-0.2, 0) is 31.3 Å². The summed E-state index contributed by atoms with van der Waals surface area (Å²) in [6, 6.07) is 6.22. The van der Waals surface area contributed by atoms with Gasteiger partial charge in [0.15, 0.2) is 0 Å². The molecule has 0 heterocycles. The summed E-state index contributed by atoms with van der Waals surface area (Å²) in [4.78, 5) is 12.5. The van der Waals surface area contributed by atoms with Crippen LogP contribution in [0.4, 0.5) is 0 Å². The van der Waals surface area contributed by atoms with E-state index in [2.05, 4.69) is 26.0 Å². The summed E-state index contributed by atoms with van der Waals surface area (Å²) < 4.78 is 29.8. The van der Waals surface area contributed by atoms with Gasteiger partial charge in [0.05, 0.1) is 6.61 Å². The summed E-state index contributed by atoms with van der Waals surface area (Å²) in [7, 11) is -3.53. The van der Waals surface area contributed by atoms with Crippen molar-refractivity contribution >= 4 is 15.9 Å². The lowest BCUT2D eigenvalue weighted by molar-refractivity contribution is -0.129. The number of Topliss-reactive ketones (excluding diaryl/α,β-unsaturated/α-hetero) is 1. The van der Waals surface area contributed by atoms with Crippen LogP contribution < -0.4 is 0 Å². The van der Waals surface area contributed by atoms with Crippen molar-refractivity contribution in [2.45, 2.75) is 83.3 Å². The van der Waals surface area contributed by atoms with E-state index in [0.717, 1.165) is 63.4 Å². The van der Waals surface area contributed by atoms with E-state index in [1.807, 2.05) is 6.07 Å². The number of aryl methyl sites for hydroxylation is 1. The van der Waals surface area contributed by atoms with Crippen molar-refractivity contribution in [2.75, 3.05) is 6.61 Å². The maximum atomic E-state index is 12.5. The predicted molar refractivity (Wildman–Crippen MR) is 114 cm³/mol. The van der Waals surface area contributed by atoms with Crippen LogP contribution in [0.5, 0.6) is 0 Å². The van der Waals surface area contributed by atoms with Crippen molar-refractivity contribution in [3.05, 3.63) is 34.9 Å². The number of unbranched alkanes of at least 4 members (excludes halogenated alkanes) is 2. The smallest absolute Gasteiger partial charge is 0.271 e. The Morgan fingerprint density at radius 3 is 2.76 bits per heavy atom. The highest BCUT2D eigenvalue weighted by molar-refractivity contribution is 7.85. The molecule has 2 saturated carbocycles. The molecule has 0 saturated heterocycles.